The van der Waals surface area contributed by atoms with Gasteiger partial charge < -0.3 is 20.7 Å². The van der Waals surface area contributed by atoms with Gasteiger partial charge in [0.15, 0.2) is 0 Å². The van der Waals surface area contributed by atoms with Gasteiger partial charge in [0.1, 0.15) is 5.75 Å². The van der Waals surface area contributed by atoms with E-state index in [1.54, 1.807) is 55.6 Å². The standard InChI is InChI=1S/C21H25N3O3/c1-21(13-22)11-12-24(14-21)20(26)17-5-3-4-6-18(17)23-19(25)15-7-9-16(27-2)10-8-15/h3-10H,11-14,22H2,1-2H3,(H,23,25). The number of carbonyl (C=O) groups excluding carboxylic acids is 2. The van der Waals surface area contributed by atoms with Crippen molar-refractivity contribution >= 4 is 17.5 Å². The highest BCUT2D eigenvalue weighted by molar-refractivity contribution is 6.09. The van der Waals surface area contributed by atoms with Crippen molar-refractivity contribution < 1.29 is 14.3 Å². The summed E-state index contributed by atoms with van der Waals surface area (Å²) >= 11 is 0. The summed E-state index contributed by atoms with van der Waals surface area (Å²) in [5.74, 6) is 0.322. The maximum atomic E-state index is 13.0. The van der Waals surface area contributed by atoms with Crippen LogP contribution in [-0.2, 0) is 0 Å². The van der Waals surface area contributed by atoms with Gasteiger partial charge in [0.2, 0.25) is 0 Å². The number of benzene rings is 2. The Kier molecular flexibility index (Phi) is 5.46. The number of nitrogens with zero attached hydrogens (tertiary/aromatic N) is 1. The Morgan fingerprint density at radius 2 is 1.89 bits per heavy atom. The maximum Gasteiger partial charge on any atom is 0.255 e. The van der Waals surface area contributed by atoms with E-state index in [4.69, 9.17) is 10.5 Å². The molecule has 1 aliphatic heterocycles. The zero-order chi connectivity index (χ0) is 19.4. The molecule has 0 radical (unpaired) electrons. The van der Waals surface area contributed by atoms with Crippen molar-refractivity contribution in [2.24, 2.45) is 11.1 Å². The van der Waals surface area contributed by atoms with Crippen molar-refractivity contribution in [3.63, 3.8) is 0 Å². The molecule has 0 aliphatic carbocycles. The van der Waals surface area contributed by atoms with Crippen molar-refractivity contribution in [3.8, 4) is 5.75 Å². The minimum absolute atomic E-state index is 0.0447. The van der Waals surface area contributed by atoms with Crippen LogP contribution in [0.5, 0.6) is 5.75 Å². The lowest BCUT2D eigenvalue weighted by Gasteiger charge is -2.23. The molecular weight excluding hydrogens is 342 g/mol. The highest BCUT2D eigenvalue weighted by Crippen LogP contribution is 2.30. The van der Waals surface area contributed by atoms with E-state index in [2.05, 4.69) is 12.2 Å². The molecule has 3 rings (SSSR count). The first-order chi connectivity index (χ1) is 13.0. The van der Waals surface area contributed by atoms with Gasteiger partial charge in [0, 0.05) is 18.7 Å². The molecule has 1 fully saturated rings. The van der Waals surface area contributed by atoms with Crippen LogP contribution >= 0.6 is 0 Å². The van der Waals surface area contributed by atoms with Gasteiger partial charge in [-0.25, -0.2) is 0 Å². The molecule has 2 aromatic carbocycles. The number of para-hydroxylation sites is 1. The Morgan fingerprint density at radius 3 is 2.52 bits per heavy atom. The largest absolute Gasteiger partial charge is 0.497 e. The molecule has 27 heavy (non-hydrogen) atoms. The third-order valence-corrected chi connectivity index (χ3v) is 5.10. The quantitative estimate of drug-likeness (QED) is 0.851. The number of rotatable bonds is 5. The highest BCUT2D eigenvalue weighted by Gasteiger charge is 2.35. The number of hydrogen-bond acceptors (Lipinski definition) is 4. The van der Waals surface area contributed by atoms with Crippen molar-refractivity contribution in [2.45, 2.75) is 13.3 Å². The molecular formula is C21H25N3O3. The van der Waals surface area contributed by atoms with Crippen LogP contribution in [0.2, 0.25) is 0 Å². The van der Waals surface area contributed by atoms with Crippen molar-refractivity contribution in [2.75, 3.05) is 32.1 Å². The zero-order valence-electron chi connectivity index (χ0n) is 15.7. The molecule has 6 nitrogen and oxygen atoms in total. The van der Waals surface area contributed by atoms with Crippen molar-refractivity contribution in [3.05, 3.63) is 59.7 Å². The summed E-state index contributed by atoms with van der Waals surface area (Å²) in [6, 6.07) is 13.9. The van der Waals surface area contributed by atoms with Gasteiger partial charge in [-0.15, -0.1) is 0 Å². The van der Waals surface area contributed by atoms with E-state index in [9.17, 15) is 9.59 Å². The summed E-state index contributed by atoms with van der Waals surface area (Å²) in [6.45, 7) is 3.95. The topological polar surface area (TPSA) is 84.7 Å². The van der Waals surface area contributed by atoms with Crippen LogP contribution in [-0.4, -0.2) is 43.5 Å². The lowest BCUT2D eigenvalue weighted by atomic mass is 9.90. The fourth-order valence-electron chi connectivity index (χ4n) is 3.25. The summed E-state index contributed by atoms with van der Waals surface area (Å²) in [5.41, 5.74) is 7.29. The summed E-state index contributed by atoms with van der Waals surface area (Å²) in [7, 11) is 1.57. The number of carbonyl (C=O) groups is 2. The molecule has 6 heteroatoms. The molecule has 1 heterocycles. The molecule has 142 valence electrons. The molecule has 0 bridgehead atoms. The van der Waals surface area contributed by atoms with Gasteiger partial charge in [-0.2, -0.15) is 0 Å². The second kappa shape index (κ2) is 7.80. The summed E-state index contributed by atoms with van der Waals surface area (Å²) in [4.78, 5) is 27.4. The molecule has 1 aliphatic rings. The molecule has 0 aromatic heterocycles. The molecule has 1 saturated heterocycles. The van der Waals surface area contributed by atoms with Gasteiger partial charge in [-0.05, 0) is 54.8 Å². The second-order valence-electron chi connectivity index (χ2n) is 7.22. The lowest BCUT2D eigenvalue weighted by Crippen LogP contribution is -2.34. The van der Waals surface area contributed by atoms with Crippen LogP contribution < -0.4 is 15.8 Å². The van der Waals surface area contributed by atoms with E-state index in [-0.39, 0.29) is 17.2 Å². The van der Waals surface area contributed by atoms with E-state index in [1.165, 1.54) is 0 Å². The molecule has 3 N–H and O–H groups in total. The Morgan fingerprint density at radius 1 is 1.19 bits per heavy atom. The van der Waals surface area contributed by atoms with Gasteiger partial charge in [-0.1, -0.05) is 19.1 Å². The second-order valence-corrected chi connectivity index (χ2v) is 7.22. The summed E-state index contributed by atoms with van der Waals surface area (Å²) < 4.78 is 5.11. The minimum Gasteiger partial charge on any atom is -0.497 e. The number of amides is 2. The third kappa shape index (κ3) is 4.11. The van der Waals surface area contributed by atoms with E-state index < -0.39 is 0 Å². The summed E-state index contributed by atoms with van der Waals surface area (Å²) in [5, 5.41) is 2.85. The average Bonchev–Trinajstić information content (AvgIpc) is 3.11. The smallest absolute Gasteiger partial charge is 0.255 e. The van der Waals surface area contributed by atoms with E-state index in [0.29, 0.717) is 42.2 Å². The Bertz CT molecular complexity index is 835. The van der Waals surface area contributed by atoms with Gasteiger partial charge in [0.05, 0.1) is 18.4 Å². The number of likely N-dealkylation sites (tertiary alicyclic amines) is 1. The first-order valence-electron chi connectivity index (χ1n) is 8.99. The van der Waals surface area contributed by atoms with E-state index >= 15 is 0 Å². The van der Waals surface area contributed by atoms with Crippen LogP contribution in [0, 0.1) is 5.41 Å². The lowest BCUT2D eigenvalue weighted by molar-refractivity contribution is 0.0778. The average molecular weight is 367 g/mol. The van der Waals surface area contributed by atoms with Crippen molar-refractivity contribution in [1.82, 2.24) is 4.90 Å². The number of nitrogens with one attached hydrogen (secondary N) is 1. The van der Waals surface area contributed by atoms with Crippen LogP contribution in [0.25, 0.3) is 0 Å². The van der Waals surface area contributed by atoms with Gasteiger partial charge in [-0.3, -0.25) is 9.59 Å². The SMILES string of the molecule is COc1ccc(C(=O)Nc2ccccc2C(=O)N2CCC(C)(CN)C2)cc1. The number of methoxy groups -OCH3 is 1. The van der Waals surface area contributed by atoms with Crippen LogP contribution in [0.3, 0.4) is 0 Å². The zero-order valence-corrected chi connectivity index (χ0v) is 15.7. The fraction of sp³-hybridized carbons (Fsp3) is 0.333. The maximum absolute atomic E-state index is 13.0. The normalized spacial score (nSPS) is 19.0. The molecule has 2 amide bonds. The molecule has 0 saturated carbocycles. The van der Waals surface area contributed by atoms with E-state index in [1.807, 2.05) is 4.90 Å². The molecule has 0 spiro atoms. The Hall–Kier alpha value is -2.86. The minimum atomic E-state index is -0.272. The van der Waals surface area contributed by atoms with Gasteiger partial charge in [0.25, 0.3) is 11.8 Å². The number of ether oxygens (including phenoxy) is 1. The van der Waals surface area contributed by atoms with Crippen LogP contribution in [0.15, 0.2) is 48.5 Å². The summed E-state index contributed by atoms with van der Waals surface area (Å²) in [6.07, 6.45) is 0.885. The Balaban J connectivity index is 1.77. The number of nitrogens with two attached hydrogens (primary N) is 1. The fourth-order valence-corrected chi connectivity index (χ4v) is 3.25. The first-order valence-corrected chi connectivity index (χ1v) is 8.99. The first kappa shape index (κ1) is 18.9. The molecule has 1 atom stereocenters. The monoisotopic (exact) mass is 367 g/mol. The van der Waals surface area contributed by atoms with Crippen molar-refractivity contribution in [1.29, 1.82) is 0 Å². The third-order valence-electron chi connectivity index (χ3n) is 5.10. The van der Waals surface area contributed by atoms with Crippen LogP contribution in [0.4, 0.5) is 5.69 Å². The molecule has 1 unspecified atom stereocenters. The Labute approximate surface area is 159 Å². The van der Waals surface area contributed by atoms with Gasteiger partial charge >= 0.3 is 0 Å². The predicted molar refractivity (Wildman–Crippen MR) is 105 cm³/mol. The molecule has 2 aromatic rings. The highest BCUT2D eigenvalue weighted by atomic mass is 16.5. The number of anilines is 1. The van der Waals surface area contributed by atoms with E-state index in [0.717, 1.165) is 6.42 Å². The predicted octanol–water partition coefficient (Wildman–Crippen LogP) is 2.76. The van der Waals surface area contributed by atoms with Crippen LogP contribution in [0.1, 0.15) is 34.1 Å². The number of hydrogen-bond donors (Lipinski definition) is 2.